The summed E-state index contributed by atoms with van der Waals surface area (Å²) in [7, 11) is -0.491. The van der Waals surface area contributed by atoms with Crippen LogP contribution >= 0.6 is 16.1 Å². The van der Waals surface area contributed by atoms with Crippen molar-refractivity contribution >= 4 is 21.4 Å². The summed E-state index contributed by atoms with van der Waals surface area (Å²) in [6.07, 6.45) is 11.0. The molecular weight excluding hydrogens is 424 g/mol. The van der Waals surface area contributed by atoms with Gasteiger partial charge in [-0.2, -0.15) is 0 Å². The summed E-state index contributed by atoms with van der Waals surface area (Å²) in [5.41, 5.74) is 6.20. The Kier molecular flexibility index (Phi) is 6.17. The number of fused-ring (bicyclic) bond motifs is 1. The third kappa shape index (κ3) is 3.88. The van der Waals surface area contributed by atoms with Crippen molar-refractivity contribution < 1.29 is 0 Å². The van der Waals surface area contributed by atoms with Crippen molar-refractivity contribution in [2.75, 3.05) is 6.16 Å². The van der Waals surface area contributed by atoms with Crippen molar-refractivity contribution in [2.45, 2.75) is 62.3 Å². The van der Waals surface area contributed by atoms with E-state index in [4.69, 9.17) is 0 Å². The first-order valence-electron chi connectivity index (χ1n) is 12.4. The number of nitrogens with zero attached hydrogens (tertiary/aromatic N) is 1. The molecule has 1 unspecified atom stereocenters. The van der Waals surface area contributed by atoms with E-state index in [1.54, 1.807) is 22.0 Å². The van der Waals surface area contributed by atoms with Crippen LogP contribution in [-0.4, -0.2) is 16.6 Å². The number of aryl methyl sites for hydroxylation is 1. The minimum absolute atomic E-state index is 0.218. The third-order valence-corrected chi connectivity index (χ3v) is 14.6. The second kappa shape index (κ2) is 9.38. The van der Waals surface area contributed by atoms with Crippen LogP contribution in [0, 0.1) is 0 Å². The molecule has 1 nitrogen and oxygen atoms in total. The van der Waals surface area contributed by atoms with Gasteiger partial charge in [-0.25, -0.2) is 0 Å². The van der Waals surface area contributed by atoms with E-state index < -0.39 is 0 Å². The van der Waals surface area contributed by atoms with Gasteiger partial charge < -0.3 is 0 Å². The quantitative estimate of drug-likeness (QED) is 0.349. The Hall–Kier alpha value is -1.52. The summed E-state index contributed by atoms with van der Waals surface area (Å²) >= 11 is 0. The van der Waals surface area contributed by atoms with Gasteiger partial charge in [-0.1, -0.05) is 97.8 Å². The maximum Gasteiger partial charge on any atom is 0.0183 e. The molecule has 3 atom stereocenters. The SMILES string of the molecule is c1ccc([C@@H]2CC[C@@H](c3ccccc3)P2N(C2CCCC2)P2CCc3ccccc32)cc1. The summed E-state index contributed by atoms with van der Waals surface area (Å²) in [5.74, 6) is 0. The Labute approximate surface area is 195 Å². The minimum atomic E-state index is -0.272. The fourth-order valence-electron chi connectivity index (χ4n) is 6.25. The predicted octanol–water partition coefficient (Wildman–Crippen LogP) is 8.18. The average molecular weight is 458 g/mol. The monoisotopic (exact) mass is 457 g/mol. The molecule has 32 heavy (non-hydrogen) atoms. The normalized spacial score (nSPS) is 26.1. The molecule has 3 aromatic rings. The molecule has 3 aromatic carbocycles. The number of hydrogen-bond donors (Lipinski definition) is 0. The van der Waals surface area contributed by atoms with Crippen LogP contribution in [0.3, 0.4) is 0 Å². The van der Waals surface area contributed by atoms with Gasteiger partial charge in [0.05, 0.1) is 0 Å². The molecule has 3 aliphatic rings. The van der Waals surface area contributed by atoms with Crippen molar-refractivity contribution in [3.8, 4) is 0 Å². The van der Waals surface area contributed by atoms with Crippen molar-refractivity contribution in [1.29, 1.82) is 0 Å². The van der Waals surface area contributed by atoms with E-state index in [2.05, 4.69) is 89.4 Å². The molecule has 0 bridgehead atoms. The molecule has 0 radical (unpaired) electrons. The van der Waals surface area contributed by atoms with E-state index in [-0.39, 0.29) is 16.1 Å². The first-order chi connectivity index (χ1) is 15.9. The van der Waals surface area contributed by atoms with Gasteiger partial charge in [0.25, 0.3) is 0 Å². The average Bonchev–Trinajstić information content (AvgIpc) is 3.62. The highest BCUT2D eigenvalue weighted by Crippen LogP contribution is 2.78. The lowest BCUT2D eigenvalue weighted by molar-refractivity contribution is 0.497. The van der Waals surface area contributed by atoms with Crippen LogP contribution in [0.5, 0.6) is 0 Å². The smallest absolute Gasteiger partial charge is 0.0183 e. The molecule has 3 heteroatoms. The fourth-order valence-corrected chi connectivity index (χ4v) is 14.5. The summed E-state index contributed by atoms with van der Waals surface area (Å²) in [6, 6.07) is 33.2. The van der Waals surface area contributed by atoms with Gasteiger partial charge >= 0.3 is 0 Å². The van der Waals surface area contributed by atoms with Gasteiger partial charge in [-0.15, -0.1) is 0 Å². The summed E-state index contributed by atoms with van der Waals surface area (Å²) < 4.78 is 3.20. The number of rotatable bonds is 5. The lowest BCUT2D eigenvalue weighted by Crippen LogP contribution is -2.29. The fraction of sp³-hybridized carbons (Fsp3) is 0.379. The zero-order valence-corrected chi connectivity index (χ0v) is 20.6. The molecule has 0 amide bonds. The maximum absolute atomic E-state index is 3.20. The molecule has 1 saturated heterocycles. The van der Waals surface area contributed by atoms with Crippen LogP contribution in [-0.2, 0) is 6.42 Å². The van der Waals surface area contributed by atoms with Crippen LogP contribution in [0.2, 0.25) is 0 Å². The molecule has 2 aliphatic heterocycles. The van der Waals surface area contributed by atoms with Gasteiger partial charge in [0.2, 0.25) is 0 Å². The molecule has 164 valence electrons. The van der Waals surface area contributed by atoms with E-state index >= 15 is 0 Å². The zero-order valence-electron chi connectivity index (χ0n) is 18.8. The standard InChI is InChI=1S/C29H33NP2/c1-3-11-23(12-4-1)28-19-20-29(24-13-5-2-6-14-24)32(28)30(26-16-8-9-17-26)31-22-21-25-15-7-10-18-27(25)31/h1-7,10-15,18,26,28-29H,8-9,16-17,19-22H2/t28-,29-,31?/m0/s1. The van der Waals surface area contributed by atoms with Crippen LogP contribution in [0.25, 0.3) is 0 Å². The second-order valence-electron chi connectivity index (χ2n) is 9.57. The Morgan fingerprint density at radius 1 is 0.625 bits per heavy atom. The second-order valence-corrected chi connectivity index (χ2v) is 14.5. The predicted molar refractivity (Wildman–Crippen MR) is 140 cm³/mol. The van der Waals surface area contributed by atoms with Crippen LogP contribution in [0.1, 0.15) is 66.5 Å². The molecule has 2 fully saturated rings. The highest BCUT2D eigenvalue weighted by atomic mass is 31.2. The first kappa shape index (κ1) is 21.0. The zero-order chi connectivity index (χ0) is 21.3. The maximum atomic E-state index is 3.20. The van der Waals surface area contributed by atoms with E-state index in [1.807, 2.05) is 0 Å². The largest absolute Gasteiger partial charge is 0.252 e. The Morgan fingerprint density at radius 2 is 1.19 bits per heavy atom. The first-order valence-corrected chi connectivity index (χ1v) is 15.3. The summed E-state index contributed by atoms with van der Waals surface area (Å²) in [6.45, 7) is 0. The van der Waals surface area contributed by atoms with Crippen molar-refractivity contribution in [2.24, 2.45) is 0 Å². The molecule has 1 aliphatic carbocycles. The van der Waals surface area contributed by atoms with Crippen LogP contribution in [0.4, 0.5) is 0 Å². The Balaban J connectivity index is 1.46. The Morgan fingerprint density at radius 3 is 1.81 bits per heavy atom. The molecule has 0 aromatic heterocycles. The van der Waals surface area contributed by atoms with Crippen LogP contribution < -0.4 is 5.30 Å². The van der Waals surface area contributed by atoms with Crippen LogP contribution in [0.15, 0.2) is 84.9 Å². The molecule has 2 heterocycles. The van der Waals surface area contributed by atoms with Crippen molar-refractivity contribution in [3.05, 3.63) is 102 Å². The van der Waals surface area contributed by atoms with E-state index in [0.717, 1.165) is 6.04 Å². The molecule has 6 rings (SSSR count). The van der Waals surface area contributed by atoms with Crippen molar-refractivity contribution in [1.82, 2.24) is 4.44 Å². The molecule has 0 N–H and O–H groups in total. The molecule has 0 spiro atoms. The summed E-state index contributed by atoms with van der Waals surface area (Å²) in [4.78, 5) is 0. The van der Waals surface area contributed by atoms with Gasteiger partial charge in [0.15, 0.2) is 0 Å². The van der Waals surface area contributed by atoms with Gasteiger partial charge in [-0.3, -0.25) is 4.44 Å². The van der Waals surface area contributed by atoms with Gasteiger partial charge in [0, 0.05) is 25.4 Å². The van der Waals surface area contributed by atoms with E-state index in [1.165, 1.54) is 51.1 Å². The highest BCUT2D eigenvalue weighted by Gasteiger charge is 2.47. The number of benzene rings is 3. The Bertz CT molecular complexity index is 984. The van der Waals surface area contributed by atoms with Gasteiger partial charge in [-0.05, 0) is 68.3 Å². The lowest BCUT2D eigenvalue weighted by atomic mass is 10.0. The van der Waals surface area contributed by atoms with E-state index in [9.17, 15) is 0 Å². The topological polar surface area (TPSA) is 3.24 Å². The van der Waals surface area contributed by atoms with Crippen molar-refractivity contribution in [3.63, 3.8) is 0 Å². The summed E-state index contributed by atoms with van der Waals surface area (Å²) in [5, 5.41) is 1.70. The number of hydrogen-bond acceptors (Lipinski definition) is 1. The van der Waals surface area contributed by atoms with Gasteiger partial charge in [0.1, 0.15) is 0 Å². The highest BCUT2D eigenvalue weighted by molar-refractivity contribution is 7.75. The third-order valence-electron chi connectivity index (χ3n) is 7.72. The minimum Gasteiger partial charge on any atom is -0.252 e. The molecule has 1 saturated carbocycles. The molecular formula is C29H33NP2. The lowest BCUT2D eigenvalue weighted by Gasteiger charge is -2.45. The van der Waals surface area contributed by atoms with E-state index in [0.29, 0.717) is 11.3 Å².